The third-order valence-corrected chi connectivity index (χ3v) is 5.84. The van der Waals surface area contributed by atoms with Gasteiger partial charge in [0.25, 0.3) is 0 Å². The van der Waals surface area contributed by atoms with Crippen molar-refractivity contribution in [1.82, 2.24) is 5.32 Å². The van der Waals surface area contributed by atoms with Gasteiger partial charge in [0.05, 0.1) is 6.04 Å². The number of thioether (sulfide) groups is 1. The summed E-state index contributed by atoms with van der Waals surface area (Å²) in [6.07, 6.45) is 5.76. The number of nitrogens with one attached hydrogen (secondary N) is 1. The fraction of sp³-hybridized carbons (Fsp3) is 0.692. The lowest BCUT2D eigenvalue weighted by Gasteiger charge is -2.16. The smallest absolute Gasteiger partial charge is 0.0504 e. The lowest BCUT2D eigenvalue weighted by molar-refractivity contribution is 0.671. The summed E-state index contributed by atoms with van der Waals surface area (Å²) in [7, 11) is 2.08. The van der Waals surface area contributed by atoms with Gasteiger partial charge < -0.3 is 5.32 Å². The van der Waals surface area contributed by atoms with Crippen molar-refractivity contribution in [1.29, 1.82) is 0 Å². The predicted octanol–water partition coefficient (Wildman–Crippen LogP) is 3.99. The maximum atomic E-state index is 3.45. The molecule has 90 valence electrons. The molecule has 1 atom stereocenters. The molecule has 1 nitrogen and oxygen atoms in total. The quantitative estimate of drug-likeness (QED) is 0.853. The monoisotopic (exact) mass is 255 g/mol. The molecule has 3 heteroatoms. The van der Waals surface area contributed by atoms with Crippen molar-refractivity contribution in [3.8, 4) is 0 Å². The number of rotatable bonds is 5. The highest BCUT2D eigenvalue weighted by molar-refractivity contribution is 7.99. The Bertz CT molecular complexity index is 315. The molecule has 1 aromatic rings. The number of aryl methyl sites for hydroxylation is 1. The van der Waals surface area contributed by atoms with Gasteiger partial charge in [0, 0.05) is 20.8 Å². The van der Waals surface area contributed by atoms with Crippen LogP contribution in [0.5, 0.6) is 0 Å². The molecule has 1 aromatic heterocycles. The van der Waals surface area contributed by atoms with E-state index in [0.717, 1.165) is 5.25 Å². The van der Waals surface area contributed by atoms with Crippen LogP contribution in [0.2, 0.25) is 0 Å². The van der Waals surface area contributed by atoms with Crippen LogP contribution in [-0.4, -0.2) is 18.1 Å². The lowest BCUT2D eigenvalue weighted by Crippen LogP contribution is -2.18. The molecule has 0 bridgehead atoms. The summed E-state index contributed by atoms with van der Waals surface area (Å²) in [6.45, 7) is 2.19. The fourth-order valence-corrected chi connectivity index (χ4v) is 4.81. The molecule has 0 amide bonds. The molecule has 1 aliphatic rings. The van der Waals surface area contributed by atoms with E-state index in [1.807, 2.05) is 11.3 Å². The summed E-state index contributed by atoms with van der Waals surface area (Å²) in [5, 5.41) is 4.37. The fourth-order valence-electron chi connectivity index (χ4n) is 2.24. The van der Waals surface area contributed by atoms with Crippen LogP contribution in [0.15, 0.2) is 12.1 Å². The van der Waals surface area contributed by atoms with Crippen LogP contribution < -0.4 is 5.32 Å². The molecule has 1 fully saturated rings. The van der Waals surface area contributed by atoms with E-state index in [0.29, 0.717) is 6.04 Å². The number of hydrogen-bond acceptors (Lipinski definition) is 3. The second-order valence-corrected chi connectivity index (χ2v) is 7.18. The molecule has 1 heterocycles. The summed E-state index contributed by atoms with van der Waals surface area (Å²) >= 11 is 4.09. The average Bonchev–Trinajstić information content (AvgIpc) is 2.91. The zero-order valence-electron chi connectivity index (χ0n) is 10.2. The van der Waals surface area contributed by atoms with Crippen LogP contribution in [0.3, 0.4) is 0 Å². The minimum atomic E-state index is 0.546. The molecule has 1 saturated carbocycles. The van der Waals surface area contributed by atoms with Gasteiger partial charge in [0.1, 0.15) is 0 Å². The van der Waals surface area contributed by atoms with Crippen molar-refractivity contribution in [2.45, 2.75) is 43.9 Å². The first kappa shape index (κ1) is 12.5. The van der Waals surface area contributed by atoms with Gasteiger partial charge in [0.15, 0.2) is 0 Å². The Balaban J connectivity index is 1.85. The maximum absolute atomic E-state index is 3.45. The Hall–Kier alpha value is 0.01000. The van der Waals surface area contributed by atoms with E-state index in [-0.39, 0.29) is 0 Å². The van der Waals surface area contributed by atoms with Gasteiger partial charge >= 0.3 is 0 Å². The van der Waals surface area contributed by atoms with Crippen molar-refractivity contribution in [2.75, 3.05) is 12.8 Å². The van der Waals surface area contributed by atoms with Crippen LogP contribution in [0.1, 0.15) is 41.5 Å². The van der Waals surface area contributed by atoms with Gasteiger partial charge in [-0.05, 0) is 38.9 Å². The van der Waals surface area contributed by atoms with Gasteiger partial charge in [-0.3, -0.25) is 0 Å². The van der Waals surface area contributed by atoms with Crippen molar-refractivity contribution >= 4 is 23.1 Å². The largest absolute Gasteiger partial charge is 0.312 e. The van der Waals surface area contributed by atoms with Gasteiger partial charge in [-0.15, -0.1) is 11.3 Å². The summed E-state index contributed by atoms with van der Waals surface area (Å²) in [6, 6.07) is 5.05. The first-order chi connectivity index (χ1) is 7.79. The zero-order chi connectivity index (χ0) is 11.4. The highest BCUT2D eigenvalue weighted by Crippen LogP contribution is 2.33. The minimum absolute atomic E-state index is 0.546. The summed E-state index contributed by atoms with van der Waals surface area (Å²) in [5.41, 5.74) is 0. The molecular weight excluding hydrogens is 234 g/mol. The summed E-state index contributed by atoms with van der Waals surface area (Å²) in [5.74, 6) is 1.22. The van der Waals surface area contributed by atoms with Gasteiger partial charge in [0.2, 0.25) is 0 Å². The molecule has 0 saturated heterocycles. The Morgan fingerprint density at radius 2 is 2.19 bits per heavy atom. The average molecular weight is 255 g/mol. The van der Waals surface area contributed by atoms with E-state index in [1.54, 1.807) is 0 Å². The summed E-state index contributed by atoms with van der Waals surface area (Å²) in [4.78, 5) is 2.91. The molecular formula is C13H21NS2. The standard InChI is InChI=1S/C13H21NS2/c1-10-7-8-13(16-10)12(14-2)9-15-11-5-3-4-6-11/h7-8,11-12,14H,3-6,9H2,1-2H3. The maximum Gasteiger partial charge on any atom is 0.0504 e. The second kappa shape index (κ2) is 6.08. The van der Waals surface area contributed by atoms with E-state index in [1.165, 1.54) is 41.2 Å². The van der Waals surface area contributed by atoms with Crippen molar-refractivity contribution in [3.05, 3.63) is 21.9 Å². The van der Waals surface area contributed by atoms with Crippen molar-refractivity contribution in [2.24, 2.45) is 0 Å². The van der Waals surface area contributed by atoms with Crippen LogP contribution in [0, 0.1) is 6.92 Å². The Morgan fingerprint density at radius 3 is 2.75 bits per heavy atom. The van der Waals surface area contributed by atoms with Gasteiger partial charge in [-0.1, -0.05) is 12.8 Å². The van der Waals surface area contributed by atoms with E-state index in [9.17, 15) is 0 Å². The first-order valence-electron chi connectivity index (χ1n) is 6.15. The molecule has 0 spiro atoms. The third-order valence-electron chi connectivity index (χ3n) is 3.25. The molecule has 1 N–H and O–H groups in total. The number of thiophene rings is 1. The number of hydrogen-bond donors (Lipinski definition) is 1. The van der Waals surface area contributed by atoms with E-state index in [2.05, 4.69) is 43.2 Å². The second-order valence-electron chi connectivity index (χ2n) is 4.53. The summed E-state index contributed by atoms with van der Waals surface area (Å²) < 4.78 is 0. The molecule has 0 aliphatic heterocycles. The molecule has 1 aliphatic carbocycles. The SMILES string of the molecule is CNC(CSC1CCCC1)c1ccc(C)s1. The Morgan fingerprint density at radius 1 is 1.44 bits per heavy atom. The van der Waals surface area contributed by atoms with E-state index < -0.39 is 0 Å². The molecule has 0 radical (unpaired) electrons. The molecule has 2 rings (SSSR count). The van der Waals surface area contributed by atoms with Crippen LogP contribution in [0.4, 0.5) is 0 Å². The lowest BCUT2D eigenvalue weighted by atomic mass is 10.3. The Labute approximate surface area is 107 Å². The highest BCUT2D eigenvalue weighted by Gasteiger charge is 2.18. The highest BCUT2D eigenvalue weighted by atomic mass is 32.2. The molecule has 16 heavy (non-hydrogen) atoms. The van der Waals surface area contributed by atoms with Crippen molar-refractivity contribution < 1.29 is 0 Å². The van der Waals surface area contributed by atoms with Gasteiger partial charge in [-0.25, -0.2) is 0 Å². The van der Waals surface area contributed by atoms with E-state index >= 15 is 0 Å². The first-order valence-corrected chi connectivity index (χ1v) is 8.01. The normalized spacial score (nSPS) is 19.1. The topological polar surface area (TPSA) is 12.0 Å². The molecule has 0 aromatic carbocycles. The third kappa shape index (κ3) is 3.25. The molecule has 1 unspecified atom stereocenters. The zero-order valence-corrected chi connectivity index (χ0v) is 11.8. The van der Waals surface area contributed by atoms with Crippen LogP contribution in [-0.2, 0) is 0 Å². The van der Waals surface area contributed by atoms with Crippen LogP contribution in [0.25, 0.3) is 0 Å². The minimum Gasteiger partial charge on any atom is -0.312 e. The van der Waals surface area contributed by atoms with Crippen molar-refractivity contribution in [3.63, 3.8) is 0 Å². The Kier molecular flexibility index (Phi) is 4.74. The van der Waals surface area contributed by atoms with Crippen LogP contribution >= 0.6 is 23.1 Å². The van der Waals surface area contributed by atoms with E-state index in [4.69, 9.17) is 0 Å². The predicted molar refractivity (Wildman–Crippen MR) is 75.6 cm³/mol. The van der Waals surface area contributed by atoms with Gasteiger partial charge in [-0.2, -0.15) is 11.8 Å².